The molecule has 19 heavy (non-hydrogen) atoms. The second-order valence-corrected chi connectivity index (χ2v) is 5.10. The highest BCUT2D eigenvalue weighted by Crippen LogP contribution is 2.16. The standard InChI is InChI=1S/C15H23N3O/c1-12(2)16-9-5-8-15-17-13-6-3-4-7-14(13)18(15)10-11-19/h3-4,6-7,12,16,19H,5,8-11H2,1-2H3. The van der Waals surface area contributed by atoms with E-state index in [4.69, 9.17) is 0 Å². The van der Waals surface area contributed by atoms with Crippen LogP contribution >= 0.6 is 0 Å². The van der Waals surface area contributed by atoms with Crippen molar-refractivity contribution < 1.29 is 5.11 Å². The highest BCUT2D eigenvalue weighted by atomic mass is 16.3. The maximum absolute atomic E-state index is 9.21. The lowest BCUT2D eigenvalue weighted by Gasteiger charge is -2.09. The number of para-hydroxylation sites is 2. The summed E-state index contributed by atoms with van der Waals surface area (Å²) >= 11 is 0. The van der Waals surface area contributed by atoms with Gasteiger partial charge in [-0.05, 0) is 25.1 Å². The van der Waals surface area contributed by atoms with Crippen molar-refractivity contribution in [1.29, 1.82) is 0 Å². The minimum Gasteiger partial charge on any atom is -0.395 e. The van der Waals surface area contributed by atoms with Gasteiger partial charge in [0, 0.05) is 19.0 Å². The smallest absolute Gasteiger partial charge is 0.109 e. The third kappa shape index (κ3) is 3.55. The van der Waals surface area contributed by atoms with E-state index in [0.29, 0.717) is 12.6 Å². The Hall–Kier alpha value is -1.39. The van der Waals surface area contributed by atoms with Crippen molar-refractivity contribution >= 4 is 11.0 Å². The molecule has 0 saturated heterocycles. The van der Waals surface area contributed by atoms with Gasteiger partial charge in [0.15, 0.2) is 0 Å². The highest BCUT2D eigenvalue weighted by Gasteiger charge is 2.09. The number of rotatable bonds is 7. The number of nitrogens with zero attached hydrogens (tertiary/aromatic N) is 2. The van der Waals surface area contributed by atoms with Crippen LogP contribution in [0.5, 0.6) is 0 Å². The Morgan fingerprint density at radius 2 is 2.11 bits per heavy atom. The van der Waals surface area contributed by atoms with Gasteiger partial charge in [-0.3, -0.25) is 0 Å². The number of nitrogens with one attached hydrogen (secondary N) is 1. The van der Waals surface area contributed by atoms with E-state index in [9.17, 15) is 5.11 Å². The van der Waals surface area contributed by atoms with Crippen LogP contribution in [0.2, 0.25) is 0 Å². The van der Waals surface area contributed by atoms with Crippen molar-refractivity contribution in [2.45, 2.75) is 39.3 Å². The fourth-order valence-corrected chi connectivity index (χ4v) is 2.30. The van der Waals surface area contributed by atoms with Crippen LogP contribution in [0.1, 0.15) is 26.1 Å². The van der Waals surface area contributed by atoms with Crippen molar-refractivity contribution in [3.05, 3.63) is 30.1 Å². The number of aliphatic hydroxyl groups excluding tert-OH is 1. The molecule has 1 aromatic carbocycles. The summed E-state index contributed by atoms with van der Waals surface area (Å²) in [6.07, 6.45) is 2.00. The molecule has 0 amide bonds. The molecule has 4 nitrogen and oxygen atoms in total. The van der Waals surface area contributed by atoms with Crippen molar-refractivity contribution in [3.8, 4) is 0 Å². The van der Waals surface area contributed by atoms with Crippen LogP contribution in [0.4, 0.5) is 0 Å². The zero-order valence-electron chi connectivity index (χ0n) is 11.8. The molecule has 0 aliphatic rings. The molecule has 0 aliphatic heterocycles. The summed E-state index contributed by atoms with van der Waals surface area (Å²) in [7, 11) is 0. The van der Waals surface area contributed by atoms with Gasteiger partial charge in [0.05, 0.1) is 17.6 Å². The molecule has 0 unspecified atom stereocenters. The fraction of sp³-hybridized carbons (Fsp3) is 0.533. The molecule has 0 aliphatic carbocycles. The molecule has 2 rings (SSSR count). The monoisotopic (exact) mass is 261 g/mol. The lowest BCUT2D eigenvalue weighted by atomic mass is 10.2. The largest absolute Gasteiger partial charge is 0.395 e. The summed E-state index contributed by atoms with van der Waals surface area (Å²) in [4.78, 5) is 4.67. The summed E-state index contributed by atoms with van der Waals surface area (Å²) in [5.41, 5.74) is 2.13. The average Bonchev–Trinajstić information content (AvgIpc) is 2.74. The van der Waals surface area contributed by atoms with Crippen LogP contribution in [0, 0.1) is 0 Å². The third-order valence-electron chi connectivity index (χ3n) is 3.19. The van der Waals surface area contributed by atoms with Gasteiger partial charge in [-0.15, -0.1) is 0 Å². The molecule has 104 valence electrons. The van der Waals surface area contributed by atoms with E-state index in [1.54, 1.807) is 0 Å². The third-order valence-corrected chi connectivity index (χ3v) is 3.19. The number of aromatic nitrogens is 2. The lowest BCUT2D eigenvalue weighted by Crippen LogP contribution is -2.24. The van der Waals surface area contributed by atoms with Crippen LogP contribution in [-0.4, -0.2) is 33.9 Å². The molecule has 0 fully saturated rings. The number of benzene rings is 1. The normalized spacial score (nSPS) is 11.6. The van der Waals surface area contributed by atoms with E-state index in [1.165, 1.54) is 0 Å². The molecular weight excluding hydrogens is 238 g/mol. The van der Waals surface area contributed by atoms with E-state index in [2.05, 4.69) is 34.8 Å². The van der Waals surface area contributed by atoms with Gasteiger partial charge in [-0.1, -0.05) is 26.0 Å². The summed E-state index contributed by atoms with van der Waals surface area (Å²) < 4.78 is 2.13. The quantitative estimate of drug-likeness (QED) is 0.749. The topological polar surface area (TPSA) is 50.1 Å². The number of hydrogen-bond donors (Lipinski definition) is 2. The zero-order chi connectivity index (χ0) is 13.7. The molecule has 0 bridgehead atoms. The average molecular weight is 261 g/mol. The predicted molar refractivity (Wildman–Crippen MR) is 78.3 cm³/mol. The summed E-state index contributed by atoms with van der Waals surface area (Å²) in [5.74, 6) is 1.07. The number of aliphatic hydroxyl groups is 1. The van der Waals surface area contributed by atoms with Crippen LogP contribution in [0.3, 0.4) is 0 Å². The molecule has 4 heteroatoms. The van der Waals surface area contributed by atoms with E-state index in [1.807, 2.05) is 18.2 Å². The van der Waals surface area contributed by atoms with Crippen molar-refractivity contribution in [2.24, 2.45) is 0 Å². The Kier molecular flexibility index (Phi) is 4.93. The molecule has 2 aromatic rings. The Morgan fingerprint density at radius 1 is 1.32 bits per heavy atom. The van der Waals surface area contributed by atoms with Gasteiger partial charge in [0.1, 0.15) is 5.82 Å². The maximum atomic E-state index is 9.21. The molecule has 2 N–H and O–H groups in total. The van der Waals surface area contributed by atoms with E-state index < -0.39 is 0 Å². The number of fused-ring (bicyclic) bond motifs is 1. The Bertz CT molecular complexity index is 519. The second-order valence-electron chi connectivity index (χ2n) is 5.10. The first kappa shape index (κ1) is 14.0. The number of hydrogen-bond acceptors (Lipinski definition) is 3. The van der Waals surface area contributed by atoms with E-state index in [0.717, 1.165) is 36.2 Å². The van der Waals surface area contributed by atoms with Gasteiger partial charge in [-0.2, -0.15) is 0 Å². The Labute approximate surface area is 114 Å². The van der Waals surface area contributed by atoms with Crippen molar-refractivity contribution in [2.75, 3.05) is 13.2 Å². The Balaban J connectivity index is 2.10. The van der Waals surface area contributed by atoms with Gasteiger partial charge in [0.25, 0.3) is 0 Å². The predicted octanol–water partition coefficient (Wildman–Crippen LogP) is 1.96. The maximum Gasteiger partial charge on any atom is 0.109 e. The second kappa shape index (κ2) is 6.68. The molecule has 0 radical (unpaired) electrons. The number of imidazole rings is 1. The van der Waals surface area contributed by atoms with Crippen molar-refractivity contribution in [1.82, 2.24) is 14.9 Å². The first-order chi connectivity index (χ1) is 9.22. The molecular formula is C15H23N3O. The molecule has 0 spiro atoms. The first-order valence-electron chi connectivity index (χ1n) is 7.00. The van der Waals surface area contributed by atoms with Crippen LogP contribution in [0.25, 0.3) is 11.0 Å². The summed E-state index contributed by atoms with van der Waals surface area (Å²) in [6, 6.07) is 8.63. The minimum absolute atomic E-state index is 0.150. The van der Waals surface area contributed by atoms with Crippen LogP contribution < -0.4 is 5.32 Å². The van der Waals surface area contributed by atoms with Gasteiger partial charge >= 0.3 is 0 Å². The molecule has 1 heterocycles. The van der Waals surface area contributed by atoms with Crippen LogP contribution in [0.15, 0.2) is 24.3 Å². The van der Waals surface area contributed by atoms with E-state index in [-0.39, 0.29) is 6.61 Å². The van der Waals surface area contributed by atoms with Gasteiger partial charge in [0.2, 0.25) is 0 Å². The summed E-state index contributed by atoms with van der Waals surface area (Å²) in [6.45, 7) is 6.08. The minimum atomic E-state index is 0.150. The first-order valence-corrected chi connectivity index (χ1v) is 7.00. The highest BCUT2D eigenvalue weighted by molar-refractivity contribution is 5.75. The van der Waals surface area contributed by atoms with Gasteiger partial charge in [-0.25, -0.2) is 4.98 Å². The van der Waals surface area contributed by atoms with Crippen molar-refractivity contribution in [3.63, 3.8) is 0 Å². The van der Waals surface area contributed by atoms with Gasteiger partial charge < -0.3 is 15.0 Å². The summed E-state index contributed by atoms with van der Waals surface area (Å²) in [5, 5.41) is 12.6. The SMILES string of the molecule is CC(C)NCCCc1nc2ccccc2n1CCO. The van der Waals surface area contributed by atoms with Crippen LogP contribution in [-0.2, 0) is 13.0 Å². The Morgan fingerprint density at radius 3 is 2.84 bits per heavy atom. The number of aryl methyl sites for hydroxylation is 1. The van der Waals surface area contributed by atoms with E-state index >= 15 is 0 Å². The molecule has 1 aromatic heterocycles. The zero-order valence-corrected chi connectivity index (χ0v) is 11.8. The fourth-order valence-electron chi connectivity index (χ4n) is 2.30. The lowest BCUT2D eigenvalue weighted by molar-refractivity contribution is 0.276. The molecule has 0 atom stereocenters. The molecule has 0 saturated carbocycles.